The summed E-state index contributed by atoms with van der Waals surface area (Å²) in [5, 5.41) is 7.61. The number of pyridine rings is 1. The molecule has 5 nitrogen and oxygen atoms in total. The van der Waals surface area contributed by atoms with Gasteiger partial charge < -0.3 is 10.6 Å². The molecule has 0 atom stereocenters. The summed E-state index contributed by atoms with van der Waals surface area (Å²) in [4.78, 5) is 13.3. The third-order valence-electron chi connectivity index (χ3n) is 4.47. The maximum atomic E-state index is 14.4. The molecule has 0 aliphatic heterocycles. The van der Waals surface area contributed by atoms with Crippen LogP contribution >= 0.6 is 0 Å². The number of anilines is 3. The van der Waals surface area contributed by atoms with Crippen LogP contribution in [0.15, 0.2) is 67.0 Å². The highest BCUT2D eigenvalue weighted by Gasteiger charge is 2.13. The first kappa shape index (κ1) is 18.8. The van der Waals surface area contributed by atoms with Crippen molar-refractivity contribution >= 4 is 28.1 Å². The van der Waals surface area contributed by atoms with Gasteiger partial charge in [0.1, 0.15) is 11.6 Å². The Hall–Kier alpha value is -3.54. The summed E-state index contributed by atoms with van der Waals surface area (Å²) in [6, 6.07) is 16.2. The van der Waals surface area contributed by atoms with E-state index in [0.29, 0.717) is 23.1 Å². The van der Waals surface area contributed by atoms with E-state index in [0.717, 1.165) is 28.8 Å². The Bertz CT molecular complexity index is 1130. The lowest BCUT2D eigenvalue weighted by Crippen LogP contribution is -2.08. The number of hydrogen-bond acceptors (Lipinski definition) is 5. The van der Waals surface area contributed by atoms with Crippen LogP contribution in [0.4, 0.5) is 21.6 Å². The van der Waals surface area contributed by atoms with Crippen molar-refractivity contribution in [3.8, 4) is 11.4 Å². The molecule has 146 valence electrons. The molecule has 0 unspecified atom stereocenters. The van der Waals surface area contributed by atoms with Gasteiger partial charge in [0, 0.05) is 35.7 Å². The first-order valence-corrected chi connectivity index (χ1v) is 9.58. The van der Waals surface area contributed by atoms with E-state index >= 15 is 0 Å². The van der Waals surface area contributed by atoms with Crippen molar-refractivity contribution in [2.24, 2.45) is 5.92 Å². The standard InChI is InChI=1S/C23H22FN5/c1-15(2)14-26-17-7-8-21-19(13-17)23(27-16-9-11-25-12-10-16)29-22(28-21)18-5-3-4-6-20(18)24/h3-13,15,26H,14H2,1-2H3,(H,25,27,28,29). The lowest BCUT2D eigenvalue weighted by Gasteiger charge is -2.14. The van der Waals surface area contributed by atoms with Gasteiger partial charge in [0.2, 0.25) is 0 Å². The Morgan fingerprint density at radius 3 is 2.48 bits per heavy atom. The number of rotatable bonds is 6. The quantitative estimate of drug-likeness (QED) is 0.448. The monoisotopic (exact) mass is 387 g/mol. The van der Waals surface area contributed by atoms with E-state index in [1.807, 2.05) is 30.3 Å². The molecule has 0 aliphatic carbocycles. The summed E-state index contributed by atoms with van der Waals surface area (Å²) >= 11 is 0. The van der Waals surface area contributed by atoms with Gasteiger partial charge in [-0.3, -0.25) is 4.98 Å². The first-order chi connectivity index (χ1) is 14.1. The molecule has 0 spiro atoms. The second-order valence-electron chi connectivity index (χ2n) is 7.24. The van der Waals surface area contributed by atoms with Crippen LogP contribution in [0.25, 0.3) is 22.3 Å². The SMILES string of the molecule is CC(C)CNc1ccc2nc(-c3ccccc3F)nc(Nc3ccncc3)c2c1. The maximum absolute atomic E-state index is 14.4. The highest BCUT2D eigenvalue weighted by Crippen LogP contribution is 2.30. The van der Waals surface area contributed by atoms with Gasteiger partial charge >= 0.3 is 0 Å². The molecule has 29 heavy (non-hydrogen) atoms. The summed E-state index contributed by atoms with van der Waals surface area (Å²) in [7, 11) is 0. The Balaban J connectivity index is 1.83. The van der Waals surface area contributed by atoms with Crippen molar-refractivity contribution in [1.82, 2.24) is 15.0 Å². The Morgan fingerprint density at radius 1 is 0.931 bits per heavy atom. The van der Waals surface area contributed by atoms with Crippen LogP contribution in [-0.4, -0.2) is 21.5 Å². The Kier molecular flexibility index (Phi) is 5.33. The van der Waals surface area contributed by atoms with Crippen molar-refractivity contribution in [2.75, 3.05) is 17.2 Å². The normalized spacial score (nSPS) is 11.0. The number of hydrogen-bond donors (Lipinski definition) is 2. The Labute approximate surface area is 169 Å². The predicted molar refractivity (Wildman–Crippen MR) is 116 cm³/mol. The molecule has 0 aliphatic rings. The minimum absolute atomic E-state index is 0.343. The zero-order chi connectivity index (χ0) is 20.2. The molecular weight excluding hydrogens is 365 g/mol. The molecule has 0 saturated heterocycles. The summed E-state index contributed by atoms with van der Waals surface area (Å²) in [6.45, 7) is 5.19. The van der Waals surface area contributed by atoms with E-state index in [-0.39, 0.29) is 5.82 Å². The highest BCUT2D eigenvalue weighted by molar-refractivity contribution is 5.94. The van der Waals surface area contributed by atoms with E-state index in [1.54, 1.807) is 30.6 Å². The van der Waals surface area contributed by atoms with E-state index in [1.165, 1.54) is 6.07 Å². The minimum atomic E-state index is -0.350. The van der Waals surface area contributed by atoms with Gasteiger partial charge in [-0.1, -0.05) is 26.0 Å². The van der Waals surface area contributed by atoms with E-state index in [4.69, 9.17) is 0 Å². The number of aromatic nitrogens is 3. The summed E-state index contributed by atoms with van der Waals surface area (Å²) in [5.74, 6) is 1.14. The van der Waals surface area contributed by atoms with Crippen LogP contribution < -0.4 is 10.6 Å². The zero-order valence-electron chi connectivity index (χ0n) is 16.4. The molecule has 4 rings (SSSR count). The van der Waals surface area contributed by atoms with Crippen molar-refractivity contribution < 1.29 is 4.39 Å². The molecule has 2 N–H and O–H groups in total. The molecular formula is C23H22FN5. The van der Waals surface area contributed by atoms with Crippen LogP contribution in [0, 0.1) is 11.7 Å². The van der Waals surface area contributed by atoms with Crippen LogP contribution in [0.1, 0.15) is 13.8 Å². The molecule has 6 heteroatoms. The van der Waals surface area contributed by atoms with Gasteiger partial charge in [0.25, 0.3) is 0 Å². The van der Waals surface area contributed by atoms with Crippen LogP contribution in [0.5, 0.6) is 0 Å². The zero-order valence-corrected chi connectivity index (χ0v) is 16.4. The Morgan fingerprint density at radius 2 is 1.72 bits per heavy atom. The fourth-order valence-corrected chi connectivity index (χ4v) is 2.99. The third kappa shape index (κ3) is 4.32. The predicted octanol–water partition coefficient (Wildman–Crippen LogP) is 5.64. The van der Waals surface area contributed by atoms with Gasteiger partial charge in [0.15, 0.2) is 5.82 Å². The maximum Gasteiger partial charge on any atom is 0.165 e. The van der Waals surface area contributed by atoms with Gasteiger partial charge in [-0.15, -0.1) is 0 Å². The molecule has 0 radical (unpaired) electrons. The smallest absolute Gasteiger partial charge is 0.165 e. The average molecular weight is 387 g/mol. The molecule has 2 heterocycles. The summed E-state index contributed by atoms with van der Waals surface area (Å²) < 4.78 is 14.4. The highest BCUT2D eigenvalue weighted by atomic mass is 19.1. The number of benzene rings is 2. The molecule has 0 bridgehead atoms. The van der Waals surface area contributed by atoms with Gasteiger partial charge in [-0.25, -0.2) is 14.4 Å². The minimum Gasteiger partial charge on any atom is -0.385 e. The van der Waals surface area contributed by atoms with E-state index in [9.17, 15) is 4.39 Å². The topological polar surface area (TPSA) is 62.7 Å². The largest absolute Gasteiger partial charge is 0.385 e. The van der Waals surface area contributed by atoms with Gasteiger partial charge in [-0.2, -0.15) is 0 Å². The molecule has 2 aromatic carbocycles. The second-order valence-corrected chi connectivity index (χ2v) is 7.24. The molecule has 0 fully saturated rings. The molecule has 0 amide bonds. The van der Waals surface area contributed by atoms with E-state index < -0.39 is 0 Å². The second kappa shape index (κ2) is 8.22. The van der Waals surface area contributed by atoms with Crippen molar-refractivity contribution in [3.63, 3.8) is 0 Å². The third-order valence-corrected chi connectivity index (χ3v) is 4.47. The van der Waals surface area contributed by atoms with Gasteiger partial charge in [0.05, 0.1) is 11.1 Å². The number of halogens is 1. The lowest BCUT2D eigenvalue weighted by atomic mass is 10.1. The summed E-state index contributed by atoms with van der Waals surface area (Å²) in [6.07, 6.45) is 3.41. The fourth-order valence-electron chi connectivity index (χ4n) is 2.99. The molecule has 4 aromatic rings. The van der Waals surface area contributed by atoms with Crippen molar-refractivity contribution in [3.05, 3.63) is 72.8 Å². The number of fused-ring (bicyclic) bond motifs is 1. The van der Waals surface area contributed by atoms with Crippen LogP contribution in [0.3, 0.4) is 0 Å². The first-order valence-electron chi connectivity index (χ1n) is 9.58. The van der Waals surface area contributed by atoms with Gasteiger partial charge in [-0.05, 0) is 48.4 Å². The lowest BCUT2D eigenvalue weighted by molar-refractivity contribution is 0.630. The summed E-state index contributed by atoms with van der Waals surface area (Å²) in [5.41, 5.74) is 2.95. The van der Waals surface area contributed by atoms with Crippen molar-refractivity contribution in [2.45, 2.75) is 13.8 Å². The number of nitrogens with zero attached hydrogens (tertiary/aromatic N) is 3. The van der Waals surface area contributed by atoms with Crippen molar-refractivity contribution in [1.29, 1.82) is 0 Å². The molecule has 0 saturated carbocycles. The number of nitrogens with one attached hydrogen (secondary N) is 2. The molecule has 2 aromatic heterocycles. The van der Waals surface area contributed by atoms with Crippen LogP contribution in [0.2, 0.25) is 0 Å². The van der Waals surface area contributed by atoms with E-state index in [2.05, 4.69) is 39.4 Å². The fraction of sp³-hybridized carbons (Fsp3) is 0.174. The van der Waals surface area contributed by atoms with Crippen LogP contribution in [-0.2, 0) is 0 Å². The average Bonchev–Trinajstić information content (AvgIpc) is 2.73.